The van der Waals surface area contributed by atoms with Gasteiger partial charge in [-0.15, -0.1) is 11.3 Å². The van der Waals surface area contributed by atoms with Gasteiger partial charge < -0.3 is 9.84 Å². The third kappa shape index (κ3) is 4.13. The van der Waals surface area contributed by atoms with Crippen LogP contribution in [0.3, 0.4) is 0 Å². The summed E-state index contributed by atoms with van der Waals surface area (Å²) in [6.07, 6.45) is 8.35. The highest BCUT2D eigenvalue weighted by Crippen LogP contribution is 2.37. The number of thiophene rings is 1. The van der Waals surface area contributed by atoms with Crippen molar-refractivity contribution in [3.05, 3.63) is 51.4 Å². The van der Waals surface area contributed by atoms with Crippen LogP contribution in [0.25, 0.3) is 0 Å². The van der Waals surface area contributed by atoms with Gasteiger partial charge in [-0.3, -0.25) is 4.79 Å². The van der Waals surface area contributed by atoms with E-state index in [1.807, 2.05) is 0 Å². The monoisotopic (exact) mass is 459 g/mol. The number of Topliss-reactive ketones (excluding diaryl/α,β-unsaturated/α-hetero) is 1. The summed E-state index contributed by atoms with van der Waals surface area (Å²) in [6, 6.07) is 7.78. The molecule has 2 aliphatic carbocycles. The van der Waals surface area contributed by atoms with Crippen LogP contribution in [0.15, 0.2) is 28.5 Å². The average Bonchev–Trinajstić information content (AvgIpc) is 3.33. The Morgan fingerprint density at radius 1 is 1.19 bits per heavy atom. The van der Waals surface area contributed by atoms with Crippen molar-refractivity contribution in [1.82, 2.24) is 0 Å². The molecule has 1 saturated heterocycles. The van der Waals surface area contributed by atoms with Gasteiger partial charge in [-0.1, -0.05) is 31.4 Å². The Kier molecular flexibility index (Phi) is 5.57. The Balaban J connectivity index is 1.34. The van der Waals surface area contributed by atoms with E-state index in [-0.39, 0.29) is 31.2 Å². The first-order valence-corrected chi connectivity index (χ1v) is 13.7. The molecule has 7 heteroatoms. The molecule has 166 valence electrons. The molecule has 2 N–H and O–H groups in total. The predicted molar refractivity (Wildman–Crippen MR) is 121 cm³/mol. The third-order valence-electron chi connectivity index (χ3n) is 7.02. The van der Waals surface area contributed by atoms with Crippen molar-refractivity contribution in [3.8, 4) is 0 Å². The molecule has 1 saturated carbocycles. The lowest BCUT2D eigenvalue weighted by Crippen LogP contribution is -2.45. The molecule has 3 aliphatic rings. The number of benzene rings is 1. The Morgan fingerprint density at radius 3 is 2.68 bits per heavy atom. The van der Waals surface area contributed by atoms with Gasteiger partial charge in [0.1, 0.15) is 9.81 Å². The molecule has 1 aliphatic heterocycles. The van der Waals surface area contributed by atoms with Crippen LogP contribution in [0.2, 0.25) is 0 Å². The van der Waals surface area contributed by atoms with Gasteiger partial charge in [0.25, 0.3) is 0 Å². The van der Waals surface area contributed by atoms with E-state index >= 15 is 0 Å². The fourth-order valence-corrected chi connectivity index (χ4v) is 7.71. The lowest BCUT2D eigenvalue weighted by atomic mass is 9.79. The van der Waals surface area contributed by atoms with Crippen molar-refractivity contribution in [3.63, 3.8) is 0 Å². The summed E-state index contributed by atoms with van der Waals surface area (Å²) in [5.74, 6) is 0.323. The number of carbonyl (C=O) groups is 1. The molecule has 5 rings (SSSR count). The lowest BCUT2D eigenvalue weighted by Gasteiger charge is -2.35. The van der Waals surface area contributed by atoms with Crippen LogP contribution < -0.4 is 0 Å². The lowest BCUT2D eigenvalue weighted by molar-refractivity contribution is -0.182. The summed E-state index contributed by atoms with van der Waals surface area (Å²) < 4.78 is 27.0. The molecular formula is C24H29NO4S2. The van der Waals surface area contributed by atoms with Crippen LogP contribution in [-0.2, 0) is 50.5 Å². The molecule has 5 nitrogen and oxygen atoms in total. The minimum absolute atomic E-state index is 0.129. The normalized spacial score (nSPS) is 21.7. The molecule has 0 amide bonds. The quantitative estimate of drug-likeness (QED) is 0.624. The van der Waals surface area contributed by atoms with Crippen molar-refractivity contribution in [2.45, 2.75) is 61.2 Å². The molecule has 1 unspecified atom stereocenters. The zero-order valence-electron chi connectivity index (χ0n) is 17.7. The van der Waals surface area contributed by atoms with Gasteiger partial charge in [-0.05, 0) is 66.0 Å². The third-order valence-corrected chi connectivity index (χ3v) is 10.7. The fourth-order valence-electron chi connectivity index (χ4n) is 4.94. The van der Waals surface area contributed by atoms with Gasteiger partial charge >= 0.3 is 0 Å². The van der Waals surface area contributed by atoms with Crippen LogP contribution in [-0.4, -0.2) is 34.1 Å². The molecule has 2 aromatic rings. The van der Waals surface area contributed by atoms with Crippen LogP contribution in [0.5, 0.6) is 0 Å². The smallest absolute Gasteiger partial charge is 0.151 e. The van der Waals surface area contributed by atoms with Crippen molar-refractivity contribution in [2.75, 3.05) is 19.0 Å². The number of aliphatic hydroxyl groups is 1. The summed E-state index contributed by atoms with van der Waals surface area (Å²) in [5, 5.41) is 10.4. The molecule has 0 bridgehead atoms. The zero-order valence-corrected chi connectivity index (χ0v) is 19.3. The summed E-state index contributed by atoms with van der Waals surface area (Å²) in [4.78, 5) is 13.7. The van der Waals surface area contributed by atoms with Gasteiger partial charge in [0.05, 0.1) is 28.7 Å². The number of ether oxygens (including phenoxy) is 1. The maximum Gasteiger partial charge on any atom is 0.151 e. The number of nitrogens with one attached hydrogen (secondary N) is 1. The molecule has 1 aromatic heterocycles. The number of hydrogen-bond acceptors (Lipinski definition) is 6. The number of carbonyl (C=O) groups excluding carboxylic acids is 1. The van der Waals surface area contributed by atoms with E-state index in [1.54, 1.807) is 12.1 Å². The largest absolute Gasteiger partial charge is 0.379 e. The number of aryl methyl sites for hydroxylation is 1. The Bertz CT molecular complexity index is 1110. The van der Waals surface area contributed by atoms with Crippen LogP contribution in [0.1, 0.15) is 52.8 Å². The van der Waals surface area contributed by atoms with Gasteiger partial charge in [-0.2, -0.15) is 0 Å². The number of hydrogen-bond donors (Lipinski definition) is 2. The minimum atomic E-state index is -3.23. The highest BCUT2D eigenvalue weighted by Gasteiger charge is 2.40. The van der Waals surface area contributed by atoms with Gasteiger partial charge in [0.15, 0.2) is 5.78 Å². The molecular weight excluding hydrogens is 430 g/mol. The Hall–Kier alpha value is -1.54. The molecule has 31 heavy (non-hydrogen) atoms. The molecule has 0 spiro atoms. The fraction of sp³-hybridized carbons (Fsp3) is 0.542. The summed E-state index contributed by atoms with van der Waals surface area (Å²) in [7, 11) is -3.23. The first kappa shape index (κ1) is 21.3. The summed E-state index contributed by atoms with van der Waals surface area (Å²) >= 11 is 1.17. The highest BCUT2D eigenvalue weighted by atomic mass is 32.2. The maximum atomic E-state index is 13.1. The van der Waals surface area contributed by atoms with E-state index in [4.69, 9.17) is 9.52 Å². The van der Waals surface area contributed by atoms with Crippen LogP contribution >= 0.6 is 11.3 Å². The van der Waals surface area contributed by atoms with E-state index in [1.165, 1.54) is 47.3 Å². The molecule has 0 radical (unpaired) electrons. The van der Waals surface area contributed by atoms with E-state index in [0.717, 1.165) is 37.2 Å². The van der Waals surface area contributed by atoms with Crippen molar-refractivity contribution in [1.29, 1.82) is 4.78 Å². The van der Waals surface area contributed by atoms with E-state index in [0.29, 0.717) is 9.09 Å². The Labute approximate surface area is 187 Å². The van der Waals surface area contributed by atoms with Crippen LogP contribution in [0, 0.1) is 10.7 Å². The number of ketones is 1. The molecule has 2 fully saturated rings. The first-order valence-electron chi connectivity index (χ1n) is 11.2. The predicted octanol–water partition coefficient (Wildman–Crippen LogP) is 4.01. The topological polar surface area (TPSA) is 87.5 Å². The van der Waals surface area contributed by atoms with Gasteiger partial charge in [0.2, 0.25) is 0 Å². The summed E-state index contributed by atoms with van der Waals surface area (Å²) in [6.45, 7) is 0.432. The minimum Gasteiger partial charge on any atom is -0.379 e. The second kappa shape index (κ2) is 8.10. The number of rotatable bonds is 8. The van der Waals surface area contributed by atoms with E-state index < -0.39 is 15.3 Å². The SMILES string of the molecule is N=S(=O)(CC(=O)Cc1c(CC2CCC2)ccc2c1CCC2)c1ccc(C2(O)COC2)s1. The molecule has 1 aromatic carbocycles. The first-order chi connectivity index (χ1) is 14.8. The van der Waals surface area contributed by atoms with Crippen molar-refractivity contribution >= 4 is 26.8 Å². The standard InChI is InChI=1S/C24H29NO4S2/c25-31(28,23-10-9-22(30-23)24(27)14-29-15-24)13-19(26)12-21-18(11-16-3-1-4-16)8-7-17-5-2-6-20(17)21/h7-10,16,25,27H,1-6,11-15H2. The number of fused-ring (bicyclic) bond motifs is 1. The molecule has 1 atom stereocenters. The maximum absolute atomic E-state index is 13.1. The van der Waals surface area contributed by atoms with Gasteiger partial charge in [0, 0.05) is 11.3 Å². The molecule has 2 heterocycles. The van der Waals surface area contributed by atoms with Crippen molar-refractivity contribution in [2.24, 2.45) is 5.92 Å². The van der Waals surface area contributed by atoms with E-state index in [9.17, 15) is 14.1 Å². The average molecular weight is 460 g/mol. The second-order valence-electron chi connectivity index (χ2n) is 9.37. The zero-order chi connectivity index (χ0) is 21.6. The van der Waals surface area contributed by atoms with Crippen LogP contribution in [0.4, 0.5) is 0 Å². The highest BCUT2D eigenvalue weighted by molar-refractivity contribution is 7.95. The second-order valence-corrected chi connectivity index (χ2v) is 12.8. The van der Waals surface area contributed by atoms with Crippen molar-refractivity contribution < 1.29 is 18.8 Å². The van der Waals surface area contributed by atoms with Gasteiger partial charge in [-0.25, -0.2) is 8.99 Å². The van der Waals surface area contributed by atoms with E-state index in [2.05, 4.69) is 12.1 Å². The Morgan fingerprint density at radius 2 is 2.00 bits per heavy atom. The summed E-state index contributed by atoms with van der Waals surface area (Å²) in [5.41, 5.74) is 4.07.